The summed E-state index contributed by atoms with van der Waals surface area (Å²) in [5, 5.41) is 0. The predicted octanol–water partition coefficient (Wildman–Crippen LogP) is 9.54. The van der Waals surface area contributed by atoms with E-state index in [0.717, 1.165) is 58.3 Å². The van der Waals surface area contributed by atoms with E-state index in [4.69, 9.17) is 20.9 Å². The summed E-state index contributed by atoms with van der Waals surface area (Å²) >= 11 is 0. The van der Waals surface area contributed by atoms with E-state index in [9.17, 15) is 0 Å². The molecule has 0 bridgehead atoms. The Morgan fingerprint density at radius 3 is 1.27 bits per heavy atom. The minimum absolute atomic E-state index is 0.0447. The molecule has 0 aromatic heterocycles. The Morgan fingerprint density at radius 2 is 0.900 bits per heavy atom. The summed E-state index contributed by atoms with van der Waals surface area (Å²) in [6.07, 6.45) is 6.02. The van der Waals surface area contributed by atoms with Gasteiger partial charge in [-0.15, -0.1) is 0 Å². The molecule has 5 rings (SSSR count). The fraction of sp³-hybridized carbons (Fsp3) is 0.333. The largest absolute Gasteiger partial charge is 0.457 e. The van der Waals surface area contributed by atoms with E-state index in [1.54, 1.807) is 0 Å². The van der Waals surface area contributed by atoms with Gasteiger partial charge in [0, 0.05) is 16.8 Å². The monoisotopic (exact) mass is 534 g/mol. The van der Waals surface area contributed by atoms with Crippen LogP contribution in [0.25, 0.3) is 0 Å². The average Bonchev–Trinajstić information content (AvgIpc) is 2.95. The zero-order valence-electron chi connectivity index (χ0n) is 24.8. The molecule has 0 aliphatic heterocycles. The van der Waals surface area contributed by atoms with Gasteiger partial charge in [0.25, 0.3) is 0 Å². The Bertz CT molecular complexity index is 1420. The molecule has 0 saturated heterocycles. The third-order valence-corrected chi connectivity index (χ3v) is 8.99. The fourth-order valence-corrected chi connectivity index (χ4v) is 6.57. The van der Waals surface area contributed by atoms with Crippen molar-refractivity contribution in [2.75, 3.05) is 11.5 Å². The second-order valence-corrected chi connectivity index (χ2v) is 11.6. The Labute approximate surface area is 239 Å². The molecule has 1 aliphatic rings. The number of anilines is 2. The highest BCUT2D eigenvalue weighted by atomic mass is 16.5. The summed E-state index contributed by atoms with van der Waals surface area (Å²) in [7, 11) is 0. The van der Waals surface area contributed by atoms with Crippen LogP contribution in [0.3, 0.4) is 0 Å². The lowest BCUT2D eigenvalue weighted by Gasteiger charge is -2.42. The van der Waals surface area contributed by atoms with E-state index in [2.05, 4.69) is 53.7 Å². The Kier molecular flexibility index (Phi) is 7.55. The topological polar surface area (TPSA) is 70.5 Å². The van der Waals surface area contributed by atoms with Gasteiger partial charge in [-0.3, -0.25) is 0 Å². The number of hydrogen-bond acceptors (Lipinski definition) is 4. The maximum atomic E-state index is 6.42. The van der Waals surface area contributed by atoms with Crippen molar-refractivity contribution in [2.24, 2.45) is 0 Å². The summed E-state index contributed by atoms with van der Waals surface area (Å²) in [5.41, 5.74) is 23.4. The lowest BCUT2D eigenvalue weighted by atomic mass is 9.62. The van der Waals surface area contributed by atoms with Crippen LogP contribution in [-0.4, -0.2) is 0 Å². The zero-order valence-corrected chi connectivity index (χ0v) is 24.8. The first-order chi connectivity index (χ1) is 19.1. The van der Waals surface area contributed by atoms with Crippen LogP contribution >= 0.6 is 0 Å². The minimum Gasteiger partial charge on any atom is -0.457 e. The second-order valence-electron chi connectivity index (χ2n) is 11.6. The molecule has 40 heavy (non-hydrogen) atoms. The van der Waals surface area contributed by atoms with Crippen LogP contribution < -0.4 is 20.9 Å². The molecule has 4 aromatic rings. The number of ether oxygens (including phenoxy) is 2. The molecule has 1 saturated carbocycles. The number of nitrogens with two attached hydrogens (primary N) is 2. The van der Waals surface area contributed by atoms with E-state index < -0.39 is 0 Å². The molecule has 0 atom stereocenters. The van der Waals surface area contributed by atoms with Gasteiger partial charge in [0.15, 0.2) is 0 Å². The molecule has 1 aliphatic carbocycles. The van der Waals surface area contributed by atoms with Crippen LogP contribution in [0.4, 0.5) is 11.4 Å². The van der Waals surface area contributed by atoms with Gasteiger partial charge in [-0.25, -0.2) is 0 Å². The molecular weight excluding hydrogens is 492 g/mol. The van der Waals surface area contributed by atoms with Gasteiger partial charge in [0.2, 0.25) is 0 Å². The van der Waals surface area contributed by atoms with E-state index >= 15 is 0 Å². The number of benzene rings is 4. The van der Waals surface area contributed by atoms with Crippen molar-refractivity contribution < 1.29 is 9.47 Å². The Morgan fingerprint density at radius 1 is 0.525 bits per heavy atom. The van der Waals surface area contributed by atoms with Gasteiger partial charge in [-0.1, -0.05) is 31.4 Å². The molecule has 4 heteroatoms. The van der Waals surface area contributed by atoms with Gasteiger partial charge in [-0.2, -0.15) is 0 Å². The van der Waals surface area contributed by atoms with Gasteiger partial charge in [0.1, 0.15) is 23.0 Å². The second kappa shape index (κ2) is 10.9. The van der Waals surface area contributed by atoms with Gasteiger partial charge in [0.05, 0.1) is 0 Å². The van der Waals surface area contributed by atoms with Crippen LogP contribution in [-0.2, 0) is 5.41 Å². The fourth-order valence-electron chi connectivity index (χ4n) is 6.57. The Hall–Kier alpha value is -3.92. The Balaban J connectivity index is 1.61. The smallest absolute Gasteiger partial charge is 0.133 e. The first-order valence-corrected chi connectivity index (χ1v) is 14.4. The number of hydrogen-bond donors (Lipinski definition) is 2. The lowest BCUT2D eigenvalue weighted by molar-refractivity contribution is 0.342. The summed E-state index contributed by atoms with van der Waals surface area (Å²) in [4.78, 5) is 0. The highest BCUT2D eigenvalue weighted by molar-refractivity contribution is 5.60. The van der Waals surface area contributed by atoms with Gasteiger partial charge < -0.3 is 20.9 Å². The summed E-state index contributed by atoms with van der Waals surface area (Å²) in [5.74, 6) is 3.49. The minimum atomic E-state index is -0.0447. The van der Waals surface area contributed by atoms with Crippen molar-refractivity contribution in [3.8, 4) is 23.0 Å². The van der Waals surface area contributed by atoms with Crippen molar-refractivity contribution in [1.82, 2.24) is 0 Å². The third kappa shape index (κ3) is 5.03. The standard InChI is InChI=1S/C36H42N2O2/c1-22-20-32(24(3)26(5)34(22)39-30-14-10-28(37)11-15-30)36(18-8-7-9-19-36)33-21-23(2)35(27(6)25(33)4)40-31-16-12-29(38)13-17-31/h10-17,20-21H,7-9,18-19,37-38H2,1-6H3. The number of nitrogen functional groups attached to an aromatic ring is 2. The third-order valence-electron chi connectivity index (χ3n) is 8.99. The molecule has 4 nitrogen and oxygen atoms in total. The van der Waals surface area contributed by atoms with Crippen molar-refractivity contribution >= 4 is 11.4 Å². The summed E-state index contributed by atoms with van der Waals surface area (Å²) in [6, 6.07) is 20.0. The summed E-state index contributed by atoms with van der Waals surface area (Å²) in [6.45, 7) is 13.3. The zero-order chi connectivity index (χ0) is 28.6. The van der Waals surface area contributed by atoms with Crippen molar-refractivity contribution in [3.05, 3.63) is 105 Å². The first kappa shape index (κ1) is 27.6. The van der Waals surface area contributed by atoms with Crippen LogP contribution in [0.1, 0.15) is 76.6 Å². The normalized spacial score (nSPS) is 14.7. The average molecular weight is 535 g/mol. The molecule has 0 unspecified atom stereocenters. The van der Waals surface area contributed by atoms with E-state index in [0.29, 0.717) is 0 Å². The van der Waals surface area contributed by atoms with Crippen molar-refractivity contribution in [3.63, 3.8) is 0 Å². The van der Waals surface area contributed by atoms with Crippen LogP contribution in [0.2, 0.25) is 0 Å². The maximum Gasteiger partial charge on any atom is 0.133 e. The molecule has 1 fully saturated rings. The molecule has 0 amide bonds. The molecule has 0 spiro atoms. The molecule has 4 N–H and O–H groups in total. The quantitative estimate of drug-likeness (QED) is 0.242. The van der Waals surface area contributed by atoms with Gasteiger partial charge in [-0.05, 0) is 147 Å². The maximum absolute atomic E-state index is 6.42. The molecular formula is C36H42N2O2. The summed E-state index contributed by atoms with van der Waals surface area (Å²) < 4.78 is 12.8. The van der Waals surface area contributed by atoms with Crippen LogP contribution in [0, 0.1) is 41.5 Å². The lowest BCUT2D eigenvalue weighted by Crippen LogP contribution is -2.33. The van der Waals surface area contributed by atoms with Crippen LogP contribution in [0.15, 0.2) is 60.7 Å². The number of rotatable bonds is 6. The number of aryl methyl sites for hydroxylation is 2. The van der Waals surface area contributed by atoms with Gasteiger partial charge >= 0.3 is 0 Å². The highest BCUT2D eigenvalue weighted by Crippen LogP contribution is 2.51. The van der Waals surface area contributed by atoms with Crippen molar-refractivity contribution in [1.29, 1.82) is 0 Å². The van der Waals surface area contributed by atoms with Crippen LogP contribution in [0.5, 0.6) is 23.0 Å². The molecule has 4 aromatic carbocycles. The molecule has 0 heterocycles. The van der Waals surface area contributed by atoms with E-state index in [1.165, 1.54) is 52.6 Å². The molecule has 0 radical (unpaired) electrons. The highest BCUT2D eigenvalue weighted by Gasteiger charge is 2.39. The van der Waals surface area contributed by atoms with E-state index in [1.807, 2.05) is 48.5 Å². The predicted molar refractivity (Wildman–Crippen MR) is 167 cm³/mol. The van der Waals surface area contributed by atoms with Crippen molar-refractivity contribution in [2.45, 2.75) is 79.1 Å². The SMILES string of the molecule is Cc1cc(C2(c3cc(C)c(Oc4ccc(N)cc4)c(C)c3C)CCCCC2)c(C)c(C)c1Oc1ccc(N)cc1. The first-order valence-electron chi connectivity index (χ1n) is 14.4. The molecule has 208 valence electrons. The van der Waals surface area contributed by atoms with E-state index in [-0.39, 0.29) is 5.41 Å².